The first-order chi connectivity index (χ1) is 12.4. The summed E-state index contributed by atoms with van der Waals surface area (Å²) >= 11 is 0. The van der Waals surface area contributed by atoms with Gasteiger partial charge in [-0.25, -0.2) is 8.42 Å². The van der Waals surface area contributed by atoms with Crippen molar-refractivity contribution in [3.63, 3.8) is 0 Å². The number of fused-ring (bicyclic) bond motifs is 1. The molecule has 2 aliphatic rings. The van der Waals surface area contributed by atoms with E-state index in [2.05, 4.69) is 39.9 Å². The minimum atomic E-state index is -3.51. The summed E-state index contributed by atoms with van der Waals surface area (Å²) in [5, 5.41) is 0.146. The third-order valence-corrected chi connectivity index (χ3v) is 12.7. The molecule has 0 spiro atoms. The number of hydrogen-bond donors (Lipinski definition) is 0. The van der Waals surface area contributed by atoms with E-state index in [9.17, 15) is 8.42 Å². The lowest BCUT2D eigenvalue weighted by molar-refractivity contribution is 0.205. The van der Waals surface area contributed by atoms with Crippen molar-refractivity contribution in [3.8, 4) is 0 Å². The highest BCUT2D eigenvalue weighted by Crippen LogP contribution is 2.43. The maximum absolute atomic E-state index is 13.2. The summed E-state index contributed by atoms with van der Waals surface area (Å²) in [6.07, 6.45) is 4.97. The zero-order valence-corrected chi connectivity index (χ0v) is 19.3. The van der Waals surface area contributed by atoms with E-state index >= 15 is 0 Å². The summed E-state index contributed by atoms with van der Waals surface area (Å²) in [4.78, 5) is 0.378. The Hall–Kier alpha value is -1.11. The smallest absolute Gasteiger partial charge is 0.264 e. The van der Waals surface area contributed by atoms with Crippen LogP contribution in [0.2, 0.25) is 18.1 Å². The number of benzene rings is 1. The summed E-state index contributed by atoms with van der Waals surface area (Å²) in [5.41, 5.74) is 2.01. The number of allylic oxidation sites excluding steroid dienone is 1. The van der Waals surface area contributed by atoms with Gasteiger partial charge in [0.2, 0.25) is 0 Å². The van der Waals surface area contributed by atoms with E-state index in [0.717, 1.165) is 30.5 Å². The molecule has 1 aliphatic carbocycles. The van der Waals surface area contributed by atoms with Gasteiger partial charge >= 0.3 is 0 Å². The number of piperidine rings is 1. The van der Waals surface area contributed by atoms with E-state index in [4.69, 9.17) is 4.43 Å². The van der Waals surface area contributed by atoms with Crippen LogP contribution in [0.3, 0.4) is 0 Å². The molecule has 3 rings (SSSR count). The van der Waals surface area contributed by atoms with Gasteiger partial charge in [0, 0.05) is 18.2 Å². The highest BCUT2D eigenvalue weighted by molar-refractivity contribution is 7.89. The Kier molecular flexibility index (Phi) is 5.38. The number of aryl methyl sites for hydroxylation is 1. The lowest BCUT2D eigenvalue weighted by Gasteiger charge is -2.38. The molecular formula is C21H33NO3SSi. The minimum Gasteiger partial charge on any atom is -0.410 e. The molecule has 0 bridgehead atoms. The molecule has 27 heavy (non-hydrogen) atoms. The molecule has 0 aromatic heterocycles. The van der Waals surface area contributed by atoms with Crippen molar-refractivity contribution in [2.24, 2.45) is 5.92 Å². The van der Waals surface area contributed by atoms with E-state index in [1.807, 2.05) is 19.1 Å². The molecule has 0 amide bonds. The fourth-order valence-corrected chi connectivity index (χ4v) is 6.56. The van der Waals surface area contributed by atoms with Crippen molar-refractivity contribution >= 4 is 18.3 Å². The molecule has 1 aliphatic heterocycles. The highest BCUT2D eigenvalue weighted by Gasteiger charge is 2.43. The number of nitrogens with zero attached hydrogens (tertiary/aromatic N) is 1. The molecule has 0 radical (unpaired) electrons. The Morgan fingerprint density at radius 1 is 1.15 bits per heavy atom. The zero-order valence-electron chi connectivity index (χ0n) is 17.5. The first-order valence-corrected chi connectivity index (χ1v) is 14.3. The molecule has 0 saturated carbocycles. The van der Waals surface area contributed by atoms with Crippen LogP contribution in [-0.4, -0.2) is 33.7 Å². The van der Waals surface area contributed by atoms with Crippen molar-refractivity contribution in [1.29, 1.82) is 0 Å². The second kappa shape index (κ2) is 7.05. The first kappa shape index (κ1) is 20.6. The predicted octanol–water partition coefficient (Wildman–Crippen LogP) is 5.07. The van der Waals surface area contributed by atoms with Gasteiger partial charge in [0.05, 0.1) is 11.0 Å². The van der Waals surface area contributed by atoms with Gasteiger partial charge in [0.25, 0.3) is 10.0 Å². The number of hydrogen-bond acceptors (Lipinski definition) is 3. The quantitative estimate of drug-likeness (QED) is 0.654. The summed E-state index contributed by atoms with van der Waals surface area (Å²) in [7, 11) is -5.39. The highest BCUT2D eigenvalue weighted by atomic mass is 32.2. The Balaban J connectivity index is 1.87. The number of rotatable bonds is 4. The molecule has 1 heterocycles. The summed E-state index contributed by atoms with van der Waals surface area (Å²) in [6, 6.07) is 7.15. The lowest BCUT2D eigenvalue weighted by Crippen LogP contribution is -2.43. The third-order valence-electron chi connectivity index (χ3n) is 6.35. The van der Waals surface area contributed by atoms with Crippen LogP contribution in [0, 0.1) is 12.8 Å². The van der Waals surface area contributed by atoms with Crippen LogP contribution in [-0.2, 0) is 14.4 Å². The van der Waals surface area contributed by atoms with Crippen LogP contribution in [0.1, 0.15) is 45.6 Å². The van der Waals surface area contributed by atoms with Gasteiger partial charge in [-0.15, -0.1) is 0 Å². The second-order valence-corrected chi connectivity index (χ2v) is 16.1. The molecule has 1 aromatic rings. The van der Waals surface area contributed by atoms with Gasteiger partial charge in [0.15, 0.2) is 8.32 Å². The van der Waals surface area contributed by atoms with Crippen molar-refractivity contribution < 1.29 is 12.8 Å². The van der Waals surface area contributed by atoms with Gasteiger partial charge in [-0.3, -0.25) is 4.31 Å². The molecule has 0 N–H and O–H groups in total. The van der Waals surface area contributed by atoms with Crippen molar-refractivity contribution in [3.05, 3.63) is 41.6 Å². The zero-order chi connectivity index (χ0) is 20.0. The third kappa shape index (κ3) is 4.03. The topological polar surface area (TPSA) is 46.6 Å². The molecule has 1 fully saturated rings. The summed E-state index contributed by atoms with van der Waals surface area (Å²) in [6.45, 7) is 13.8. The first-order valence-electron chi connectivity index (χ1n) is 9.91. The van der Waals surface area contributed by atoms with Crippen molar-refractivity contribution in [2.45, 2.75) is 76.1 Å². The van der Waals surface area contributed by atoms with Crippen molar-refractivity contribution in [1.82, 2.24) is 4.31 Å². The largest absolute Gasteiger partial charge is 0.410 e. The van der Waals surface area contributed by atoms with E-state index < -0.39 is 18.3 Å². The molecule has 4 nitrogen and oxygen atoms in total. The Bertz CT molecular complexity index is 822. The van der Waals surface area contributed by atoms with Gasteiger partial charge in [-0.05, 0) is 62.5 Å². The Morgan fingerprint density at radius 2 is 1.78 bits per heavy atom. The number of sulfonamides is 1. The molecule has 1 aromatic carbocycles. The fourth-order valence-electron chi connectivity index (χ4n) is 3.69. The van der Waals surface area contributed by atoms with Gasteiger partial charge in [-0.1, -0.05) is 38.5 Å². The predicted molar refractivity (Wildman–Crippen MR) is 113 cm³/mol. The molecule has 2 atom stereocenters. The average Bonchev–Trinajstić information content (AvgIpc) is 2.95. The maximum Gasteiger partial charge on any atom is 0.264 e. The van der Waals surface area contributed by atoms with Gasteiger partial charge < -0.3 is 4.43 Å². The molecule has 150 valence electrons. The van der Waals surface area contributed by atoms with Crippen LogP contribution in [0.5, 0.6) is 0 Å². The fraction of sp³-hybridized carbons (Fsp3) is 0.619. The summed E-state index contributed by atoms with van der Waals surface area (Å²) < 4.78 is 34.7. The molecule has 0 unspecified atom stereocenters. The Morgan fingerprint density at radius 3 is 2.37 bits per heavy atom. The SMILES string of the molecule is Cc1ccc(S(=O)(=O)N2CCC[C@H]3C[C@H](O[Si](C)(C)C(C)(C)C)C=C32)cc1. The van der Waals surface area contributed by atoms with Crippen LogP contribution >= 0.6 is 0 Å². The maximum atomic E-state index is 13.2. The van der Waals surface area contributed by atoms with E-state index in [1.165, 1.54) is 0 Å². The molecule has 1 saturated heterocycles. The van der Waals surface area contributed by atoms with Crippen molar-refractivity contribution in [2.75, 3.05) is 6.54 Å². The monoisotopic (exact) mass is 407 g/mol. The summed E-state index contributed by atoms with van der Waals surface area (Å²) in [5.74, 6) is 0.286. The van der Waals surface area contributed by atoms with Crippen LogP contribution < -0.4 is 0 Å². The van der Waals surface area contributed by atoms with E-state index in [0.29, 0.717) is 11.4 Å². The van der Waals surface area contributed by atoms with Gasteiger partial charge in [0.1, 0.15) is 0 Å². The minimum absolute atomic E-state index is 0.0275. The Labute approximate surface area is 165 Å². The van der Waals surface area contributed by atoms with Crippen LogP contribution in [0.4, 0.5) is 0 Å². The second-order valence-electron chi connectivity index (χ2n) is 9.47. The normalized spacial score (nSPS) is 23.9. The lowest BCUT2D eigenvalue weighted by atomic mass is 9.96. The van der Waals surface area contributed by atoms with Crippen LogP contribution in [0.15, 0.2) is 40.9 Å². The van der Waals surface area contributed by atoms with Crippen LogP contribution in [0.25, 0.3) is 0 Å². The molecular weight excluding hydrogens is 374 g/mol. The standard InChI is InChI=1S/C21H33NO3SSi/c1-16-9-11-19(12-10-16)26(23,24)22-13-7-8-17-14-18(15-20(17)22)25-27(5,6)21(2,3)4/h9-12,15,17-18H,7-8,13-14H2,1-6H3/t17-,18-/m0/s1. The average molecular weight is 408 g/mol. The van der Waals surface area contributed by atoms with E-state index in [1.54, 1.807) is 16.4 Å². The van der Waals surface area contributed by atoms with E-state index in [-0.39, 0.29) is 17.1 Å². The van der Waals surface area contributed by atoms with Gasteiger partial charge in [-0.2, -0.15) is 0 Å². The molecule has 6 heteroatoms.